The zero-order valence-corrected chi connectivity index (χ0v) is 15.9. The highest BCUT2D eigenvalue weighted by Crippen LogP contribution is 2.16. The number of carbonyl (C=O) groups is 2. The smallest absolute Gasteiger partial charge is 0.279 e. The highest BCUT2D eigenvalue weighted by molar-refractivity contribution is 7.89. The molecule has 140 valence electrons. The Morgan fingerprint density at radius 1 is 1.04 bits per heavy atom. The van der Waals surface area contributed by atoms with Gasteiger partial charge >= 0.3 is 0 Å². The molecule has 0 aliphatic rings. The number of hydrogen-bond acceptors (Lipinski definition) is 4. The topological polar surface area (TPSA) is 100 Å². The summed E-state index contributed by atoms with van der Waals surface area (Å²) in [5.74, 6) is -0.324. The molecule has 9 heteroatoms. The molecule has 1 atom stereocenters. The molecule has 0 heterocycles. The Morgan fingerprint density at radius 2 is 1.60 bits per heavy atom. The number of amides is 2. The van der Waals surface area contributed by atoms with Crippen molar-refractivity contribution in [2.75, 3.05) is 45.6 Å². The van der Waals surface area contributed by atoms with Crippen LogP contribution < -0.4 is 15.5 Å². The number of nitrogens with one attached hydrogen (secondary N) is 3. The summed E-state index contributed by atoms with van der Waals surface area (Å²) in [5, 5.41) is 5.43. The van der Waals surface area contributed by atoms with Crippen LogP contribution in [0.15, 0.2) is 29.2 Å². The van der Waals surface area contributed by atoms with Gasteiger partial charge in [-0.25, -0.2) is 12.7 Å². The van der Waals surface area contributed by atoms with Crippen molar-refractivity contribution in [3.63, 3.8) is 0 Å². The van der Waals surface area contributed by atoms with Crippen molar-refractivity contribution in [3.8, 4) is 0 Å². The van der Waals surface area contributed by atoms with Gasteiger partial charge in [0.05, 0.1) is 11.4 Å². The van der Waals surface area contributed by atoms with Crippen LogP contribution in [0.2, 0.25) is 0 Å². The summed E-state index contributed by atoms with van der Waals surface area (Å²) in [4.78, 5) is 24.7. The summed E-state index contributed by atoms with van der Waals surface area (Å²) in [6.07, 6.45) is 0. The lowest BCUT2D eigenvalue weighted by atomic mass is 10.3. The van der Waals surface area contributed by atoms with E-state index in [1.807, 2.05) is 13.8 Å². The Hall–Kier alpha value is -1.97. The van der Waals surface area contributed by atoms with Crippen LogP contribution in [0.1, 0.15) is 13.8 Å². The van der Waals surface area contributed by atoms with Gasteiger partial charge in [0, 0.05) is 26.3 Å². The van der Waals surface area contributed by atoms with Crippen molar-refractivity contribution in [1.82, 2.24) is 9.62 Å². The molecular weight excluding hydrogens is 344 g/mol. The second-order valence-corrected chi connectivity index (χ2v) is 7.92. The van der Waals surface area contributed by atoms with E-state index in [4.69, 9.17) is 0 Å². The molecule has 0 aliphatic carbocycles. The van der Waals surface area contributed by atoms with Gasteiger partial charge in [0.25, 0.3) is 11.8 Å². The Balaban J connectivity index is 2.66. The maximum Gasteiger partial charge on any atom is 0.279 e. The van der Waals surface area contributed by atoms with E-state index in [2.05, 4.69) is 10.6 Å². The quantitative estimate of drug-likeness (QED) is 0.514. The number of nitrogens with zero attached hydrogens (tertiary/aromatic N) is 1. The third kappa shape index (κ3) is 6.45. The van der Waals surface area contributed by atoms with Gasteiger partial charge in [0.2, 0.25) is 10.0 Å². The summed E-state index contributed by atoms with van der Waals surface area (Å²) < 4.78 is 25.1. The van der Waals surface area contributed by atoms with Crippen LogP contribution in [0.4, 0.5) is 5.69 Å². The number of anilines is 1. The minimum absolute atomic E-state index is 0.0922. The van der Waals surface area contributed by atoms with Crippen LogP contribution in [0, 0.1) is 0 Å². The molecule has 1 unspecified atom stereocenters. The summed E-state index contributed by atoms with van der Waals surface area (Å²) in [7, 11) is -0.572. The molecule has 3 N–H and O–H groups in total. The van der Waals surface area contributed by atoms with E-state index in [9.17, 15) is 18.0 Å². The Kier molecular flexibility index (Phi) is 8.01. The minimum atomic E-state index is -3.49. The van der Waals surface area contributed by atoms with E-state index in [0.29, 0.717) is 18.8 Å². The molecule has 1 aromatic carbocycles. The van der Waals surface area contributed by atoms with Gasteiger partial charge < -0.3 is 15.5 Å². The van der Waals surface area contributed by atoms with Crippen molar-refractivity contribution >= 4 is 27.5 Å². The molecule has 1 aromatic rings. The molecule has 0 bridgehead atoms. The predicted molar refractivity (Wildman–Crippen MR) is 95.9 cm³/mol. The number of hydrogen-bond donors (Lipinski definition) is 3. The van der Waals surface area contributed by atoms with E-state index in [1.165, 1.54) is 26.2 Å². The predicted octanol–water partition coefficient (Wildman–Crippen LogP) is -1.08. The monoisotopic (exact) mass is 371 g/mol. The molecule has 0 spiro atoms. The Morgan fingerprint density at radius 3 is 2.08 bits per heavy atom. The second-order valence-electron chi connectivity index (χ2n) is 5.77. The fourth-order valence-corrected chi connectivity index (χ4v) is 3.05. The first-order valence-corrected chi connectivity index (χ1v) is 9.57. The third-order valence-corrected chi connectivity index (χ3v) is 5.44. The maximum absolute atomic E-state index is 12.1. The van der Waals surface area contributed by atoms with Gasteiger partial charge in [-0.1, -0.05) is 0 Å². The first kappa shape index (κ1) is 21.1. The molecule has 0 fully saturated rings. The molecule has 1 rings (SSSR count). The largest absolute Gasteiger partial charge is 0.351 e. The molecule has 25 heavy (non-hydrogen) atoms. The van der Waals surface area contributed by atoms with Gasteiger partial charge in [0.1, 0.15) is 0 Å². The standard InChI is InChI=1S/C16H26N4O4S/c1-5-17-15(21)11-20(6-2)12-16(22)18-13-7-9-14(10-8-13)25(23,24)19(3)4/h7-10H,5-6,11-12H2,1-4H3,(H,17,21)(H,18,22)/p+1. The molecule has 0 aromatic heterocycles. The van der Waals surface area contributed by atoms with Gasteiger partial charge in [-0.2, -0.15) is 0 Å². The zero-order chi connectivity index (χ0) is 19.0. The number of likely N-dealkylation sites (N-methyl/N-ethyl adjacent to an activating group) is 2. The first-order chi connectivity index (χ1) is 11.7. The van der Waals surface area contributed by atoms with Crippen LogP contribution in [0.3, 0.4) is 0 Å². The van der Waals surface area contributed by atoms with Gasteiger partial charge in [-0.15, -0.1) is 0 Å². The highest BCUT2D eigenvalue weighted by Gasteiger charge is 2.18. The van der Waals surface area contributed by atoms with Crippen molar-refractivity contribution < 1.29 is 22.9 Å². The molecule has 0 aliphatic heterocycles. The highest BCUT2D eigenvalue weighted by atomic mass is 32.2. The van der Waals surface area contributed by atoms with Gasteiger partial charge in [-0.3, -0.25) is 9.59 Å². The summed E-state index contributed by atoms with van der Waals surface area (Å²) in [6.45, 7) is 5.34. The number of rotatable bonds is 9. The summed E-state index contributed by atoms with van der Waals surface area (Å²) in [6, 6.07) is 5.99. The van der Waals surface area contributed by atoms with Crippen LogP contribution in [-0.2, 0) is 19.6 Å². The van der Waals surface area contributed by atoms with E-state index >= 15 is 0 Å². The first-order valence-electron chi connectivity index (χ1n) is 8.13. The normalized spacial score (nSPS) is 12.7. The third-order valence-electron chi connectivity index (χ3n) is 3.61. The van der Waals surface area contributed by atoms with Gasteiger partial charge in [0.15, 0.2) is 13.1 Å². The molecule has 0 saturated carbocycles. The zero-order valence-electron chi connectivity index (χ0n) is 15.1. The number of carbonyl (C=O) groups excluding carboxylic acids is 2. The van der Waals surface area contributed by atoms with Crippen molar-refractivity contribution in [1.29, 1.82) is 0 Å². The molecule has 0 saturated heterocycles. The number of quaternary nitrogens is 1. The average molecular weight is 371 g/mol. The van der Waals surface area contributed by atoms with Crippen molar-refractivity contribution in [3.05, 3.63) is 24.3 Å². The fourth-order valence-electron chi connectivity index (χ4n) is 2.15. The number of benzene rings is 1. The lowest BCUT2D eigenvalue weighted by Crippen LogP contribution is -3.14. The maximum atomic E-state index is 12.1. The van der Waals surface area contributed by atoms with Crippen LogP contribution in [-0.4, -0.2) is 64.8 Å². The van der Waals surface area contributed by atoms with E-state index < -0.39 is 10.0 Å². The second kappa shape index (κ2) is 9.50. The number of sulfonamides is 1. The molecular formula is C16H27N4O4S+. The lowest BCUT2D eigenvalue weighted by molar-refractivity contribution is -0.881. The molecule has 0 radical (unpaired) electrons. The fraction of sp³-hybridized carbons (Fsp3) is 0.500. The van der Waals surface area contributed by atoms with E-state index in [-0.39, 0.29) is 29.8 Å². The van der Waals surface area contributed by atoms with Crippen molar-refractivity contribution in [2.24, 2.45) is 0 Å². The summed E-state index contributed by atoms with van der Waals surface area (Å²) >= 11 is 0. The minimum Gasteiger partial charge on any atom is -0.351 e. The molecule has 2 amide bonds. The Labute approximate surface area is 149 Å². The van der Waals surface area contributed by atoms with Crippen LogP contribution in [0.25, 0.3) is 0 Å². The SMILES string of the molecule is CCNC(=O)C[NH+](CC)CC(=O)Nc1ccc(S(=O)(=O)N(C)C)cc1. The van der Waals surface area contributed by atoms with Crippen molar-refractivity contribution in [2.45, 2.75) is 18.7 Å². The van der Waals surface area contributed by atoms with E-state index in [1.54, 1.807) is 12.1 Å². The average Bonchev–Trinajstić information content (AvgIpc) is 2.54. The van der Waals surface area contributed by atoms with Crippen LogP contribution in [0.5, 0.6) is 0 Å². The van der Waals surface area contributed by atoms with E-state index in [0.717, 1.165) is 9.21 Å². The Bertz CT molecular complexity index is 687. The van der Waals surface area contributed by atoms with Gasteiger partial charge in [-0.05, 0) is 38.1 Å². The molecule has 8 nitrogen and oxygen atoms in total. The summed E-state index contributed by atoms with van der Waals surface area (Å²) in [5.41, 5.74) is 0.510. The van der Waals surface area contributed by atoms with Crippen LogP contribution >= 0.6 is 0 Å². The lowest BCUT2D eigenvalue weighted by Gasteiger charge is -2.17.